The highest BCUT2D eigenvalue weighted by molar-refractivity contribution is 9.10. The zero-order valence-electron chi connectivity index (χ0n) is 10.4. The number of aromatic nitrogens is 1. The van der Waals surface area contributed by atoms with Gasteiger partial charge in [0.15, 0.2) is 0 Å². The van der Waals surface area contributed by atoms with E-state index in [1.807, 2.05) is 37.3 Å². The third-order valence-corrected chi connectivity index (χ3v) is 3.56. The van der Waals surface area contributed by atoms with E-state index < -0.39 is 0 Å². The van der Waals surface area contributed by atoms with Crippen molar-refractivity contribution in [1.29, 1.82) is 0 Å². The summed E-state index contributed by atoms with van der Waals surface area (Å²) in [5, 5.41) is 0. The Morgan fingerprint density at radius 2 is 2.11 bits per heavy atom. The topological polar surface area (TPSA) is 48.1 Å². The Kier molecular flexibility index (Phi) is 3.99. The van der Waals surface area contributed by atoms with Crippen molar-refractivity contribution in [2.75, 3.05) is 7.11 Å². The monoisotopic (exact) mass is 306 g/mol. The second kappa shape index (κ2) is 5.50. The summed E-state index contributed by atoms with van der Waals surface area (Å²) in [5.74, 6) is 0.837. The molecule has 1 unspecified atom stereocenters. The Labute approximate surface area is 115 Å². The van der Waals surface area contributed by atoms with Crippen molar-refractivity contribution < 1.29 is 4.74 Å². The Balaban J connectivity index is 2.40. The second-order valence-electron chi connectivity index (χ2n) is 4.07. The van der Waals surface area contributed by atoms with Crippen molar-refractivity contribution in [1.82, 2.24) is 4.98 Å². The maximum absolute atomic E-state index is 6.28. The number of aryl methyl sites for hydroxylation is 1. The summed E-state index contributed by atoms with van der Waals surface area (Å²) in [7, 11) is 1.66. The number of nitrogens with zero attached hydrogens (tertiary/aromatic N) is 1. The third-order valence-electron chi connectivity index (χ3n) is 2.89. The second-order valence-corrected chi connectivity index (χ2v) is 4.92. The summed E-state index contributed by atoms with van der Waals surface area (Å²) >= 11 is 3.48. The number of rotatable bonds is 3. The van der Waals surface area contributed by atoms with Gasteiger partial charge in [0, 0.05) is 10.7 Å². The maximum Gasteiger partial charge on any atom is 0.119 e. The molecular weight excluding hydrogens is 292 g/mol. The number of benzene rings is 1. The molecule has 2 rings (SSSR count). The van der Waals surface area contributed by atoms with Crippen LogP contribution in [0.15, 0.2) is 41.0 Å². The van der Waals surface area contributed by atoms with E-state index in [2.05, 4.69) is 20.9 Å². The van der Waals surface area contributed by atoms with Crippen molar-refractivity contribution >= 4 is 15.9 Å². The molecule has 1 aromatic heterocycles. The molecule has 2 aromatic rings. The molecule has 4 heteroatoms. The maximum atomic E-state index is 6.28. The van der Waals surface area contributed by atoms with E-state index in [1.165, 1.54) is 0 Å². The molecule has 0 spiro atoms. The van der Waals surface area contributed by atoms with Gasteiger partial charge in [0.2, 0.25) is 0 Å². The highest BCUT2D eigenvalue weighted by Gasteiger charge is 2.15. The number of methoxy groups -OCH3 is 1. The Hall–Kier alpha value is -1.39. The molecule has 0 amide bonds. The van der Waals surface area contributed by atoms with E-state index in [-0.39, 0.29) is 6.04 Å². The first-order chi connectivity index (χ1) is 8.63. The van der Waals surface area contributed by atoms with Crippen molar-refractivity contribution in [2.24, 2.45) is 5.73 Å². The van der Waals surface area contributed by atoms with Crippen molar-refractivity contribution in [3.63, 3.8) is 0 Å². The van der Waals surface area contributed by atoms with Gasteiger partial charge in [0.25, 0.3) is 0 Å². The van der Waals surface area contributed by atoms with Crippen LogP contribution < -0.4 is 10.5 Å². The number of hydrogen-bond donors (Lipinski definition) is 1. The van der Waals surface area contributed by atoms with Gasteiger partial charge in [-0.1, -0.05) is 6.07 Å². The van der Waals surface area contributed by atoms with Gasteiger partial charge < -0.3 is 10.5 Å². The van der Waals surface area contributed by atoms with Crippen LogP contribution in [-0.4, -0.2) is 12.1 Å². The minimum absolute atomic E-state index is 0.244. The Morgan fingerprint density at radius 1 is 1.33 bits per heavy atom. The molecule has 0 radical (unpaired) electrons. The fourth-order valence-corrected chi connectivity index (χ4v) is 2.40. The molecule has 2 N–H and O–H groups in total. The number of hydrogen-bond acceptors (Lipinski definition) is 3. The van der Waals surface area contributed by atoms with Crippen LogP contribution in [0.4, 0.5) is 0 Å². The van der Waals surface area contributed by atoms with E-state index in [0.717, 1.165) is 27.0 Å². The highest BCUT2D eigenvalue weighted by Crippen LogP contribution is 2.28. The minimum Gasteiger partial charge on any atom is -0.497 e. The van der Waals surface area contributed by atoms with Crippen LogP contribution >= 0.6 is 15.9 Å². The van der Waals surface area contributed by atoms with Crippen LogP contribution in [0.2, 0.25) is 0 Å². The Morgan fingerprint density at radius 3 is 2.72 bits per heavy atom. The number of pyridine rings is 1. The molecule has 0 aliphatic heterocycles. The van der Waals surface area contributed by atoms with Gasteiger partial charge in [0.05, 0.1) is 18.8 Å². The number of halogens is 1. The minimum atomic E-state index is -0.244. The SMILES string of the molecule is COc1ccc(C(N)c2ncccc2Br)c(C)c1. The molecule has 0 saturated heterocycles. The molecule has 3 nitrogen and oxygen atoms in total. The van der Waals surface area contributed by atoms with Gasteiger partial charge in [0.1, 0.15) is 5.75 Å². The number of ether oxygens (including phenoxy) is 1. The van der Waals surface area contributed by atoms with Gasteiger partial charge in [-0.2, -0.15) is 0 Å². The summed E-state index contributed by atoms with van der Waals surface area (Å²) in [4.78, 5) is 4.34. The van der Waals surface area contributed by atoms with E-state index in [4.69, 9.17) is 10.5 Å². The normalized spacial score (nSPS) is 12.2. The quantitative estimate of drug-likeness (QED) is 0.947. The van der Waals surface area contributed by atoms with Crippen molar-refractivity contribution in [3.8, 4) is 5.75 Å². The molecule has 94 valence electrons. The first kappa shape index (κ1) is 13.1. The predicted octanol–water partition coefficient (Wildman–Crippen LogP) is 3.21. The van der Waals surface area contributed by atoms with Gasteiger partial charge in [-0.05, 0) is 58.2 Å². The smallest absolute Gasteiger partial charge is 0.119 e. The fourth-order valence-electron chi connectivity index (χ4n) is 1.90. The molecule has 1 atom stereocenters. The molecular formula is C14H15BrN2O. The third kappa shape index (κ3) is 2.54. The summed E-state index contributed by atoms with van der Waals surface area (Å²) in [6, 6.07) is 9.46. The lowest BCUT2D eigenvalue weighted by Crippen LogP contribution is -2.15. The molecule has 0 aliphatic carbocycles. The molecule has 1 heterocycles. The van der Waals surface area contributed by atoms with Crippen LogP contribution in [0, 0.1) is 6.92 Å². The van der Waals surface area contributed by atoms with E-state index in [1.54, 1.807) is 13.3 Å². The van der Waals surface area contributed by atoms with Gasteiger partial charge >= 0.3 is 0 Å². The van der Waals surface area contributed by atoms with Crippen LogP contribution in [0.1, 0.15) is 22.9 Å². The highest BCUT2D eigenvalue weighted by atomic mass is 79.9. The van der Waals surface area contributed by atoms with Gasteiger partial charge in [-0.15, -0.1) is 0 Å². The van der Waals surface area contributed by atoms with Gasteiger partial charge in [-0.25, -0.2) is 0 Å². The fraction of sp³-hybridized carbons (Fsp3) is 0.214. The summed E-state index contributed by atoms with van der Waals surface area (Å²) in [6.07, 6.45) is 1.75. The summed E-state index contributed by atoms with van der Waals surface area (Å²) < 4.78 is 6.12. The number of nitrogens with two attached hydrogens (primary N) is 1. The van der Waals surface area contributed by atoms with E-state index in [9.17, 15) is 0 Å². The first-order valence-electron chi connectivity index (χ1n) is 5.64. The van der Waals surface area contributed by atoms with Crippen molar-refractivity contribution in [2.45, 2.75) is 13.0 Å². The lowest BCUT2D eigenvalue weighted by molar-refractivity contribution is 0.414. The van der Waals surface area contributed by atoms with Gasteiger partial charge in [-0.3, -0.25) is 4.98 Å². The molecule has 0 bridgehead atoms. The first-order valence-corrected chi connectivity index (χ1v) is 6.43. The lowest BCUT2D eigenvalue weighted by Gasteiger charge is -2.16. The Bertz CT molecular complexity index is 557. The zero-order chi connectivity index (χ0) is 13.1. The molecule has 0 aliphatic rings. The van der Waals surface area contributed by atoms with Crippen LogP contribution in [0.5, 0.6) is 5.75 Å². The molecule has 1 aromatic carbocycles. The predicted molar refractivity (Wildman–Crippen MR) is 75.7 cm³/mol. The standard InChI is InChI=1S/C14H15BrN2O/c1-9-8-10(18-2)5-6-11(9)13(16)14-12(15)4-3-7-17-14/h3-8,13H,16H2,1-2H3. The summed E-state index contributed by atoms with van der Waals surface area (Å²) in [6.45, 7) is 2.02. The van der Waals surface area contributed by atoms with Crippen LogP contribution in [0.25, 0.3) is 0 Å². The van der Waals surface area contributed by atoms with Crippen LogP contribution in [-0.2, 0) is 0 Å². The molecule has 0 saturated carbocycles. The average molecular weight is 307 g/mol. The molecule has 18 heavy (non-hydrogen) atoms. The largest absolute Gasteiger partial charge is 0.497 e. The average Bonchev–Trinajstić information content (AvgIpc) is 2.38. The lowest BCUT2D eigenvalue weighted by atomic mass is 9.99. The van der Waals surface area contributed by atoms with E-state index in [0.29, 0.717) is 0 Å². The van der Waals surface area contributed by atoms with Crippen LogP contribution in [0.3, 0.4) is 0 Å². The van der Waals surface area contributed by atoms with E-state index >= 15 is 0 Å². The summed E-state index contributed by atoms with van der Waals surface area (Å²) in [5.41, 5.74) is 9.26. The zero-order valence-corrected chi connectivity index (χ0v) is 11.9. The molecule has 0 fully saturated rings. The van der Waals surface area contributed by atoms with Crippen molar-refractivity contribution in [3.05, 3.63) is 57.8 Å².